The van der Waals surface area contributed by atoms with Crippen molar-refractivity contribution >= 4 is 11.8 Å². The van der Waals surface area contributed by atoms with E-state index in [9.17, 15) is 9.59 Å². The second-order valence-corrected chi connectivity index (χ2v) is 5.24. The zero-order chi connectivity index (χ0) is 13.4. The molecular formula is C14H17N3O2. The van der Waals surface area contributed by atoms with Gasteiger partial charge < -0.3 is 0 Å². The van der Waals surface area contributed by atoms with Gasteiger partial charge in [-0.2, -0.15) is 0 Å². The van der Waals surface area contributed by atoms with Crippen molar-refractivity contribution in [2.75, 3.05) is 0 Å². The quantitative estimate of drug-likeness (QED) is 0.811. The topological polar surface area (TPSA) is 62.3 Å². The Morgan fingerprint density at radius 3 is 2.89 bits per heavy atom. The third kappa shape index (κ3) is 2.38. The number of aryl methyl sites for hydroxylation is 1. The lowest BCUT2D eigenvalue weighted by Crippen LogP contribution is -2.39. The average Bonchev–Trinajstić information content (AvgIpc) is 3.16. The van der Waals surface area contributed by atoms with Gasteiger partial charge in [-0.25, -0.2) is 0 Å². The first-order valence-electron chi connectivity index (χ1n) is 6.66. The second-order valence-electron chi connectivity index (χ2n) is 5.24. The van der Waals surface area contributed by atoms with Gasteiger partial charge in [0.2, 0.25) is 11.8 Å². The number of nitrogens with zero attached hydrogens (tertiary/aromatic N) is 2. The highest BCUT2D eigenvalue weighted by molar-refractivity contribution is 6.06. The van der Waals surface area contributed by atoms with Crippen LogP contribution in [0.25, 0.3) is 0 Å². The Hall–Kier alpha value is -1.75. The number of hydrogen-bond donors (Lipinski definition) is 1. The molecule has 2 aliphatic rings. The van der Waals surface area contributed by atoms with Crippen molar-refractivity contribution in [3.8, 4) is 0 Å². The summed E-state index contributed by atoms with van der Waals surface area (Å²) in [5.41, 5.74) is 2.01. The molecule has 1 aliphatic carbocycles. The number of carbonyl (C=O) groups excluding carboxylic acids is 2. The Bertz CT molecular complexity index is 525. The Balaban J connectivity index is 1.63. The molecule has 1 saturated carbocycles. The van der Waals surface area contributed by atoms with Crippen LogP contribution in [0.2, 0.25) is 0 Å². The summed E-state index contributed by atoms with van der Waals surface area (Å²) in [4.78, 5) is 29.7. The number of imide groups is 1. The SMILES string of the molecule is Cc1cccnc1CNC1CC(=O)N(C2CC2)C1=O. The molecule has 100 valence electrons. The van der Waals surface area contributed by atoms with E-state index < -0.39 is 0 Å². The van der Waals surface area contributed by atoms with Crippen molar-refractivity contribution in [3.63, 3.8) is 0 Å². The monoisotopic (exact) mass is 259 g/mol. The molecule has 1 atom stereocenters. The summed E-state index contributed by atoms with van der Waals surface area (Å²) in [6, 6.07) is 3.66. The fourth-order valence-electron chi connectivity index (χ4n) is 2.45. The maximum Gasteiger partial charge on any atom is 0.247 e. The molecule has 1 N–H and O–H groups in total. The van der Waals surface area contributed by atoms with Gasteiger partial charge in [-0.15, -0.1) is 0 Å². The van der Waals surface area contributed by atoms with Gasteiger partial charge in [-0.3, -0.25) is 24.8 Å². The van der Waals surface area contributed by atoms with Gasteiger partial charge >= 0.3 is 0 Å². The van der Waals surface area contributed by atoms with Crippen LogP contribution in [0.3, 0.4) is 0 Å². The first-order chi connectivity index (χ1) is 9.16. The Morgan fingerprint density at radius 2 is 2.21 bits per heavy atom. The van der Waals surface area contributed by atoms with E-state index in [0.29, 0.717) is 6.54 Å². The molecular weight excluding hydrogens is 242 g/mol. The molecule has 2 fully saturated rings. The maximum atomic E-state index is 12.1. The Morgan fingerprint density at radius 1 is 1.42 bits per heavy atom. The molecule has 5 nitrogen and oxygen atoms in total. The smallest absolute Gasteiger partial charge is 0.247 e. The normalized spacial score (nSPS) is 23.2. The van der Waals surface area contributed by atoms with Crippen LogP contribution in [-0.4, -0.2) is 33.8 Å². The van der Waals surface area contributed by atoms with Crippen molar-refractivity contribution in [1.82, 2.24) is 15.2 Å². The van der Waals surface area contributed by atoms with E-state index in [2.05, 4.69) is 10.3 Å². The van der Waals surface area contributed by atoms with Gasteiger partial charge in [0.25, 0.3) is 0 Å². The van der Waals surface area contributed by atoms with E-state index in [1.165, 1.54) is 4.90 Å². The highest BCUT2D eigenvalue weighted by atomic mass is 16.2. The number of rotatable bonds is 4. The molecule has 1 aromatic rings. The van der Waals surface area contributed by atoms with E-state index in [1.807, 2.05) is 19.1 Å². The molecule has 0 bridgehead atoms. The predicted molar refractivity (Wildman–Crippen MR) is 69.1 cm³/mol. The molecule has 2 amide bonds. The number of amides is 2. The summed E-state index contributed by atoms with van der Waals surface area (Å²) in [5.74, 6) is -0.108. The molecule has 2 heterocycles. The van der Waals surface area contributed by atoms with Crippen molar-refractivity contribution in [2.45, 2.75) is 44.8 Å². The average molecular weight is 259 g/mol. The van der Waals surface area contributed by atoms with Crippen molar-refractivity contribution < 1.29 is 9.59 Å². The summed E-state index contributed by atoms with van der Waals surface area (Å²) >= 11 is 0. The predicted octanol–water partition coefficient (Wildman–Crippen LogP) is 0.770. The lowest BCUT2D eigenvalue weighted by molar-refractivity contribution is -0.139. The standard InChI is InChI=1S/C14H17N3O2/c1-9-3-2-6-15-12(9)8-16-11-7-13(18)17(14(11)19)10-4-5-10/h2-3,6,10-11,16H,4-5,7-8H2,1H3. The summed E-state index contributed by atoms with van der Waals surface area (Å²) in [6.07, 6.45) is 3.94. The molecule has 1 aliphatic heterocycles. The number of aromatic nitrogens is 1. The van der Waals surface area contributed by atoms with Gasteiger partial charge in [0, 0.05) is 18.8 Å². The minimum absolute atomic E-state index is 0.0391. The van der Waals surface area contributed by atoms with Crippen LogP contribution in [0.5, 0.6) is 0 Å². The lowest BCUT2D eigenvalue weighted by Gasteiger charge is -2.14. The molecule has 1 saturated heterocycles. The highest BCUT2D eigenvalue weighted by Gasteiger charge is 2.45. The number of likely N-dealkylation sites (tertiary alicyclic amines) is 1. The van der Waals surface area contributed by atoms with Gasteiger partial charge in [0.05, 0.1) is 18.2 Å². The summed E-state index contributed by atoms with van der Waals surface area (Å²) in [6.45, 7) is 2.51. The zero-order valence-corrected chi connectivity index (χ0v) is 10.9. The van der Waals surface area contributed by atoms with E-state index in [4.69, 9.17) is 0 Å². The Kier molecular flexibility index (Phi) is 3.06. The van der Waals surface area contributed by atoms with Crippen LogP contribution in [0.15, 0.2) is 18.3 Å². The number of nitrogens with one attached hydrogen (secondary N) is 1. The van der Waals surface area contributed by atoms with Gasteiger partial charge in [-0.05, 0) is 31.4 Å². The molecule has 0 spiro atoms. The van der Waals surface area contributed by atoms with Crippen molar-refractivity contribution in [2.24, 2.45) is 0 Å². The van der Waals surface area contributed by atoms with Crippen LogP contribution in [0, 0.1) is 6.92 Å². The van der Waals surface area contributed by atoms with Crippen LogP contribution in [-0.2, 0) is 16.1 Å². The van der Waals surface area contributed by atoms with Crippen molar-refractivity contribution in [1.29, 1.82) is 0 Å². The first-order valence-corrected chi connectivity index (χ1v) is 6.66. The third-order valence-corrected chi connectivity index (χ3v) is 3.73. The van der Waals surface area contributed by atoms with E-state index in [0.717, 1.165) is 24.1 Å². The summed E-state index contributed by atoms with van der Waals surface area (Å²) < 4.78 is 0. The van der Waals surface area contributed by atoms with E-state index in [1.54, 1.807) is 6.20 Å². The van der Waals surface area contributed by atoms with Gasteiger partial charge in [0.15, 0.2) is 0 Å². The largest absolute Gasteiger partial charge is 0.300 e. The fraction of sp³-hybridized carbons (Fsp3) is 0.500. The van der Waals surface area contributed by atoms with Crippen LogP contribution in [0.4, 0.5) is 0 Å². The highest BCUT2D eigenvalue weighted by Crippen LogP contribution is 2.31. The van der Waals surface area contributed by atoms with Gasteiger partial charge in [0.1, 0.15) is 0 Å². The fourth-order valence-corrected chi connectivity index (χ4v) is 2.45. The van der Waals surface area contributed by atoms with E-state index in [-0.39, 0.29) is 30.3 Å². The maximum absolute atomic E-state index is 12.1. The van der Waals surface area contributed by atoms with Gasteiger partial charge in [-0.1, -0.05) is 6.07 Å². The molecule has 19 heavy (non-hydrogen) atoms. The molecule has 3 rings (SSSR count). The van der Waals surface area contributed by atoms with Crippen LogP contribution < -0.4 is 5.32 Å². The van der Waals surface area contributed by atoms with E-state index >= 15 is 0 Å². The molecule has 1 aromatic heterocycles. The summed E-state index contributed by atoms with van der Waals surface area (Å²) in [7, 11) is 0. The number of pyridine rings is 1. The molecule has 5 heteroatoms. The molecule has 0 radical (unpaired) electrons. The first kappa shape index (κ1) is 12.3. The molecule has 1 unspecified atom stereocenters. The second kappa shape index (κ2) is 4.74. The molecule has 0 aromatic carbocycles. The lowest BCUT2D eigenvalue weighted by atomic mass is 10.2. The minimum atomic E-state index is -0.380. The van der Waals surface area contributed by atoms with Crippen LogP contribution in [0.1, 0.15) is 30.5 Å². The van der Waals surface area contributed by atoms with Crippen molar-refractivity contribution in [3.05, 3.63) is 29.6 Å². The Labute approximate surface area is 112 Å². The minimum Gasteiger partial charge on any atom is -0.300 e. The summed E-state index contributed by atoms with van der Waals surface area (Å²) in [5, 5.41) is 3.16. The third-order valence-electron chi connectivity index (χ3n) is 3.73. The number of carbonyl (C=O) groups is 2. The zero-order valence-electron chi connectivity index (χ0n) is 10.9. The number of hydrogen-bond acceptors (Lipinski definition) is 4. The van der Waals surface area contributed by atoms with Crippen LogP contribution >= 0.6 is 0 Å².